The van der Waals surface area contributed by atoms with Gasteiger partial charge in [0.05, 0.1) is 12.8 Å². The number of carbonyl (C=O) groups is 2. The average molecular weight is 236 g/mol. The van der Waals surface area contributed by atoms with E-state index in [0.717, 1.165) is 0 Å². The van der Waals surface area contributed by atoms with E-state index in [-0.39, 0.29) is 11.8 Å². The molecule has 17 heavy (non-hydrogen) atoms. The van der Waals surface area contributed by atoms with Gasteiger partial charge in [0.25, 0.3) is 0 Å². The second-order valence-electron chi connectivity index (χ2n) is 3.80. The lowest BCUT2D eigenvalue weighted by molar-refractivity contribution is 0.101. The van der Waals surface area contributed by atoms with Crippen molar-refractivity contribution in [2.45, 2.75) is 6.92 Å². The molecular formula is C12H16N2O3. The van der Waals surface area contributed by atoms with Gasteiger partial charge in [-0.05, 0) is 25.1 Å². The number of ether oxygens (including phenoxy) is 1. The zero-order chi connectivity index (χ0) is 13.0. The summed E-state index contributed by atoms with van der Waals surface area (Å²) in [4.78, 5) is 24.1. The first-order chi connectivity index (χ1) is 7.95. The molecule has 5 nitrogen and oxygen atoms in total. The molecule has 1 aromatic carbocycles. The van der Waals surface area contributed by atoms with Gasteiger partial charge in [-0.15, -0.1) is 0 Å². The van der Waals surface area contributed by atoms with Gasteiger partial charge in [0.2, 0.25) is 0 Å². The number of nitrogens with zero attached hydrogens (tertiary/aromatic N) is 1. The minimum atomic E-state index is -0.251. The number of amides is 2. The van der Waals surface area contributed by atoms with Gasteiger partial charge < -0.3 is 15.0 Å². The molecule has 0 fully saturated rings. The van der Waals surface area contributed by atoms with Crippen LogP contribution in [0.4, 0.5) is 10.5 Å². The summed E-state index contributed by atoms with van der Waals surface area (Å²) >= 11 is 0. The molecule has 0 atom stereocenters. The molecule has 1 aromatic rings. The molecule has 0 saturated carbocycles. The normalized spacial score (nSPS) is 9.65. The van der Waals surface area contributed by atoms with Gasteiger partial charge in [-0.25, -0.2) is 4.79 Å². The van der Waals surface area contributed by atoms with Gasteiger partial charge in [0.1, 0.15) is 5.75 Å². The van der Waals surface area contributed by atoms with Crippen molar-refractivity contribution in [3.8, 4) is 5.75 Å². The first kappa shape index (κ1) is 13.0. The minimum Gasteiger partial charge on any atom is -0.495 e. The molecule has 92 valence electrons. The molecule has 0 aliphatic carbocycles. The Balaban J connectivity index is 3.01. The predicted molar refractivity (Wildman–Crippen MR) is 65.7 cm³/mol. The van der Waals surface area contributed by atoms with E-state index < -0.39 is 0 Å². The maximum atomic E-state index is 11.5. The van der Waals surface area contributed by atoms with Gasteiger partial charge in [0.15, 0.2) is 5.78 Å². The molecule has 0 saturated heterocycles. The van der Waals surface area contributed by atoms with Gasteiger partial charge >= 0.3 is 6.03 Å². The zero-order valence-electron chi connectivity index (χ0n) is 10.4. The van der Waals surface area contributed by atoms with Crippen LogP contribution in [-0.2, 0) is 0 Å². The maximum Gasteiger partial charge on any atom is 0.321 e. The van der Waals surface area contributed by atoms with Crippen molar-refractivity contribution in [3.63, 3.8) is 0 Å². The van der Waals surface area contributed by atoms with E-state index in [2.05, 4.69) is 5.32 Å². The monoisotopic (exact) mass is 236 g/mol. The summed E-state index contributed by atoms with van der Waals surface area (Å²) in [5.41, 5.74) is 1.08. The van der Waals surface area contributed by atoms with Crippen molar-refractivity contribution >= 4 is 17.5 Å². The Hall–Kier alpha value is -2.04. The fraction of sp³-hybridized carbons (Fsp3) is 0.333. The largest absolute Gasteiger partial charge is 0.495 e. The number of methoxy groups -OCH3 is 1. The highest BCUT2D eigenvalue weighted by Gasteiger charge is 2.10. The molecule has 0 heterocycles. The van der Waals surface area contributed by atoms with Crippen LogP contribution in [0.1, 0.15) is 17.3 Å². The Kier molecular flexibility index (Phi) is 4.09. The van der Waals surface area contributed by atoms with Crippen LogP contribution < -0.4 is 10.1 Å². The lowest BCUT2D eigenvalue weighted by Gasteiger charge is -2.14. The van der Waals surface area contributed by atoms with E-state index in [1.807, 2.05) is 0 Å². The number of benzene rings is 1. The van der Waals surface area contributed by atoms with Crippen molar-refractivity contribution in [2.75, 3.05) is 26.5 Å². The quantitative estimate of drug-likeness (QED) is 0.816. The molecule has 1 rings (SSSR count). The standard InChI is InChI=1S/C12H16N2O3/c1-8(15)9-5-6-10(11(7-9)17-4)13-12(16)14(2)3/h5-7H,1-4H3,(H,13,16). The molecule has 1 N–H and O–H groups in total. The fourth-order valence-corrected chi connectivity index (χ4v) is 1.24. The van der Waals surface area contributed by atoms with E-state index in [1.165, 1.54) is 18.9 Å². The Morgan fingerprint density at radius 3 is 2.41 bits per heavy atom. The van der Waals surface area contributed by atoms with Crippen molar-refractivity contribution < 1.29 is 14.3 Å². The van der Waals surface area contributed by atoms with Gasteiger partial charge in [-0.2, -0.15) is 0 Å². The van der Waals surface area contributed by atoms with E-state index in [0.29, 0.717) is 17.0 Å². The number of urea groups is 1. The number of anilines is 1. The SMILES string of the molecule is COc1cc(C(C)=O)ccc1NC(=O)N(C)C. The van der Waals surface area contributed by atoms with Crippen LogP contribution >= 0.6 is 0 Å². The van der Waals surface area contributed by atoms with Crippen LogP contribution in [0.2, 0.25) is 0 Å². The summed E-state index contributed by atoms with van der Waals surface area (Å²) in [6, 6.07) is 4.65. The lowest BCUT2D eigenvalue weighted by Crippen LogP contribution is -2.27. The third-order valence-electron chi connectivity index (χ3n) is 2.26. The van der Waals surface area contributed by atoms with Gasteiger partial charge in [0, 0.05) is 19.7 Å². The van der Waals surface area contributed by atoms with Crippen molar-refractivity contribution in [2.24, 2.45) is 0 Å². The number of nitrogens with one attached hydrogen (secondary N) is 1. The molecule has 0 bridgehead atoms. The topological polar surface area (TPSA) is 58.6 Å². The summed E-state index contributed by atoms with van der Waals surface area (Å²) < 4.78 is 5.13. The van der Waals surface area contributed by atoms with Crippen molar-refractivity contribution in [1.82, 2.24) is 4.90 Å². The summed E-state index contributed by atoms with van der Waals surface area (Å²) in [7, 11) is 4.78. The number of ketones is 1. The minimum absolute atomic E-state index is 0.0474. The Morgan fingerprint density at radius 2 is 1.94 bits per heavy atom. The smallest absolute Gasteiger partial charge is 0.321 e. The number of carbonyl (C=O) groups excluding carboxylic acids is 2. The maximum absolute atomic E-state index is 11.5. The van der Waals surface area contributed by atoms with E-state index >= 15 is 0 Å². The predicted octanol–water partition coefficient (Wildman–Crippen LogP) is 1.99. The van der Waals surface area contributed by atoms with Crippen LogP contribution in [-0.4, -0.2) is 37.9 Å². The van der Waals surface area contributed by atoms with Gasteiger partial charge in [-0.3, -0.25) is 4.79 Å². The molecule has 0 aromatic heterocycles. The number of hydrogen-bond acceptors (Lipinski definition) is 3. The Morgan fingerprint density at radius 1 is 1.29 bits per heavy atom. The zero-order valence-corrected chi connectivity index (χ0v) is 10.4. The molecule has 0 radical (unpaired) electrons. The fourth-order valence-electron chi connectivity index (χ4n) is 1.24. The third kappa shape index (κ3) is 3.21. The molecule has 5 heteroatoms. The number of rotatable bonds is 3. The Labute approximate surface area is 100 Å². The molecule has 0 unspecified atom stereocenters. The Bertz CT molecular complexity index is 441. The highest BCUT2D eigenvalue weighted by Crippen LogP contribution is 2.25. The summed E-state index contributed by atoms with van der Waals surface area (Å²) in [6.45, 7) is 1.48. The molecular weight excluding hydrogens is 220 g/mol. The third-order valence-corrected chi connectivity index (χ3v) is 2.26. The van der Waals surface area contributed by atoms with E-state index in [1.54, 1.807) is 32.3 Å². The van der Waals surface area contributed by atoms with Crippen molar-refractivity contribution in [1.29, 1.82) is 0 Å². The molecule has 2 amide bonds. The first-order valence-electron chi connectivity index (χ1n) is 5.13. The summed E-state index contributed by atoms with van der Waals surface area (Å²) in [5, 5.41) is 2.68. The second kappa shape index (κ2) is 5.34. The average Bonchev–Trinajstić information content (AvgIpc) is 2.28. The molecule has 0 aliphatic rings. The highest BCUT2D eigenvalue weighted by atomic mass is 16.5. The van der Waals surface area contributed by atoms with Crippen LogP contribution in [0, 0.1) is 0 Å². The second-order valence-corrected chi connectivity index (χ2v) is 3.80. The number of hydrogen-bond donors (Lipinski definition) is 1. The number of Topliss-reactive ketones (excluding diaryl/α,β-unsaturated/α-hetero) is 1. The van der Waals surface area contributed by atoms with E-state index in [4.69, 9.17) is 4.74 Å². The highest BCUT2D eigenvalue weighted by molar-refractivity contribution is 5.96. The molecule has 0 spiro atoms. The van der Waals surface area contributed by atoms with Crippen LogP contribution in [0.15, 0.2) is 18.2 Å². The molecule has 0 aliphatic heterocycles. The van der Waals surface area contributed by atoms with Crippen LogP contribution in [0.3, 0.4) is 0 Å². The van der Waals surface area contributed by atoms with Gasteiger partial charge in [-0.1, -0.05) is 0 Å². The van der Waals surface area contributed by atoms with E-state index in [9.17, 15) is 9.59 Å². The van der Waals surface area contributed by atoms with Crippen molar-refractivity contribution in [3.05, 3.63) is 23.8 Å². The lowest BCUT2D eigenvalue weighted by atomic mass is 10.1. The summed E-state index contributed by atoms with van der Waals surface area (Å²) in [6.07, 6.45) is 0. The summed E-state index contributed by atoms with van der Waals surface area (Å²) in [5.74, 6) is 0.418. The van der Waals surface area contributed by atoms with Crippen LogP contribution in [0.5, 0.6) is 5.75 Å². The van der Waals surface area contributed by atoms with Crippen LogP contribution in [0.25, 0.3) is 0 Å². The first-order valence-corrected chi connectivity index (χ1v) is 5.13.